The first-order chi connectivity index (χ1) is 11.7. The van der Waals surface area contributed by atoms with Gasteiger partial charge in [0.1, 0.15) is 11.4 Å². The first kappa shape index (κ1) is 17.0. The van der Waals surface area contributed by atoms with Gasteiger partial charge < -0.3 is 10.4 Å². The van der Waals surface area contributed by atoms with Gasteiger partial charge in [0.25, 0.3) is 17.1 Å². The number of fused-ring (bicyclic) bond motifs is 1. The van der Waals surface area contributed by atoms with Crippen molar-refractivity contribution in [2.24, 2.45) is 0 Å². The number of aromatic amines is 1. The van der Waals surface area contributed by atoms with Crippen molar-refractivity contribution in [3.8, 4) is 0 Å². The maximum absolute atomic E-state index is 13.2. The lowest BCUT2D eigenvalue weighted by Crippen LogP contribution is -2.50. The van der Waals surface area contributed by atoms with Gasteiger partial charge in [-0.1, -0.05) is 30.3 Å². The molecule has 7 nitrogen and oxygen atoms in total. The third kappa shape index (κ3) is 2.54. The van der Waals surface area contributed by atoms with E-state index in [1.807, 2.05) is 5.32 Å². The Labute approximate surface area is 137 Å². The molecule has 2 aromatic rings. The molecule has 132 valence electrons. The number of amides is 1. The van der Waals surface area contributed by atoms with Crippen LogP contribution in [0.25, 0.3) is 0 Å². The van der Waals surface area contributed by atoms with Gasteiger partial charge >= 0.3 is 11.9 Å². The minimum Gasteiger partial charge on any atom is -0.368 e. The second-order valence-corrected chi connectivity index (χ2v) is 5.53. The van der Waals surface area contributed by atoms with E-state index in [0.717, 1.165) is 10.1 Å². The Bertz CT molecular complexity index is 949. The minimum atomic E-state index is -5.42. The lowest BCUT2D eigenvalue weighted by molar-refractivity contribution is -0.252. The summed E-state index contributed by atoms with van der Waals surface area (Å²) in [5.41, 5.74) is -6.87. The molecule has 0 fully saturated rings. The molecule has 1 atom stereocenters. The summed E-state index contributed by atoms with van der Waals surface area (Å²) in [5, 5.41) is 11.7. The summed E-state index contributed by atoms with van der Waals surface area (Å²) in [4.78, 5) is 37.3. The van der Waals surface area contributed by atoms with Crippen molar-refractivity contribution in [3.63, 3.8) is 0 Å². The first-order valence-corrected chi connectivity index (χ1v) is 7.18. The first-order valence-electron chi connectivity index (χ1n) is 7.18. The summed E-state index contributed by atoms with van der Waals surface area (Å²) in [7, 11) is 0. The van der Waals surface area contributed by atoms with Crippen molar-refractivity contribution in [1.82, 2.24) is 9.55 Å². The molecule has 0 radical (unpaired) electrons. The summed E-state index contributed by atoms with van der Waals surface area (Å²) < 4.78 is 40.4. The molecule has 3 N–H and O–H groups in total. The largest absolute Gasteiger partial charge is 0.431 e. The standard InChI is InChI=1S/C15H12F3N3O4/c16-15(17,18)14(25)9-10(19-12(14)23)21(13(24)20-11(9)22)7-6-8-4-2-1-3-5-8/h1-5,25H,6-7H2,(H,19,23)(H,20,22,24)/t14-/m0/s1. The topological polar surface area (TPSA) is 104 Å². The van der Waals surface area contributed by atoms with Gasteiger partial charge in [-0.25, -0.2) is 4.79 Å². The van der Waals surface area contributed by atoms with Gasteiger partial charge in [0.2, 0.25) is 0 Å². The number of nitrogens with one attached hydrogen (secondary N) is 2. The number of aryl methyl sites for hydroxylation is 1. The molecule has 0 spiro atoms. The van der Waals surface area contributed by atoms with Crippen LogP contribution >= 0.6 is 0 Å². The predicted octanol–water partition coefficient (Wildman–Crippen LogP) is 0.481. The number of aromatic nitrogens is 2. The van der Waals surface area contributed by atoms with E-state index >= 15 is 0 Å². The van der Waals surface area contributed by atoms with Gasteiger partial charge in [-0.05, 0) is 12.0 Å². The molecule has 0 saturated carbocycles. The van der Waals surface area contributed by atoms with Crippen molar-refractivity contribution >= 4 is 11.7 Å². The van der Waals surface area contributed by atoms with Crippen LogP contribution < -0.4 is 16.6 Å². The molecule has 25 heavy (non-hydrogen) atoms. The van der Waals surface area contributed by atoms with Gasteiger partial charge in [-0.2, -0.15) is 13.2 Å². The number of halogens is 3. The Morgan fingerprint density at radius 3 is 2.36 bits per heavy atom. The predicted molar refractivity (Wildman–Crippen MR) is 80.1 cm³/mol. The Balaban J connectivity index is 2.11. The van der Waals surface area contributed by atoms with E-state index < -0.39 is 40.3 Å². The SMILES string of the molecule is O=C1Nc2c(c(=O)[nH]c(=O)n2CCc2ccccc2)[C@@]1(O)C(F)(F)F. The van der Waals surface area contributed by atoms with Gasteiger partial charge in [0, 0.05) is 6.54 Å². The molecule has 2 heterocycles. The smallest absolute Gasteiger partial charge is 0.368 e. The molecule has 1 aliphatic rings. The van der Waals surface area contributed by atoms with Crippen LogP contribution in [-0.4, -0.2) is 26.7 Å². The average molecular weight is 355 g/mol. The van der Waals surface area contributed by atoms with E-state index in [2.05, 4.69) is 0 Å². The van der Waals surface area contributed by atoms with Gasteiger partial charge in [0.05, 0.1) is 0 Å². The molecular weight excluding hydrogens is 343 g/mol. The number of benzene rings is 1. The lowest BCUT2D eigenvalue weighted by Gasteiger charge is -2.22. The molecule has 0 bridgehead atoms. The molecule has 3 rings (SSSR count). The Morgan fingerprint density at radius 2 is 1.76 bits per heavy atom. The van der Waals surface area contributed by atoms with E-state index in [4.69, 9.17) is 0 Å². The van der Waals surface area contributed by atoms with Crippen molar-refractivity contribution < 1.29 is 23.1 Å². The number of rotatable bonds is 3. The highest BCUT2D eigenvalue weighted by Gasteiger charge is 2.66. The van der Waals surface area contributed by atoms with Crippen molar-refractivity contribution in [1.29, 1.82) is 0 Å². The number of carbonyl (C=O) groups excluding carboxylic acids is 1. The number of nitrogens with zero attached hydrogens (tertiary/aromatic N) is 1. The maximum Gasteiger partial charge on any atom is 0.431 e. The van der Waals surface area contributed by atoms with Gasteiger partial charge in [-0.15, -0.1) is 0 Å². The van der Waals surface area contributed by atoms with E-state index in [1.165, 1.54) is 0 Å². The van der Waals surface area contributed by atoms with Crippen LogP contribution in [0.5, 0.6) is 0 Å². The highest BCUT2D eigenvalue weighted by molar-refractivity contribution is 6.04. The Morgan fingerprint density at radius 1 is 1.12 bits per heavy atom. The van der Waals surface area contributed by atoms with Gasteiger partial charge in [-0.3, -0.25) is 19.1 Å². The van der Waals surface area contributed by atoms with E-state index in [1.54, 1.807) is 35.3 Å². The fraction of sp³-hybridized carbons (Fsp3) is 0.267. The zero-order valence-corrected chi connectivity index (χ0v) is 12.6. The van der Waals surface area contributed by atoms with Crippen LogP contribution in [0.3, 0.4) is 0 Å². The molecule has 10 heteroatoms. The van der Waals surface area contributed by atoms with E-state index in [0.29, 0.717) is 0 Å². The molecule has 0 unspecified atom stereocenters. The molecular formula is C15H12F3N3O4. The summed E-state index contributed by atoms with van der Waals surface area (Å²) in [6.07, 6.45) is -5.16. The fourth-order valence-electron chi connectivity index (χ4n) is 2.72. The van der Waals surface area contributed by atoms with Gasteiger partial charge in [0.15, 0.2) is 0 Å². The van der Waals surface area contributed by atoms with Crippen molar-refractivity contribution in [2.75, 3.05) is 5.32 Å². The molecule has 0 aliphatic carbocycles. The van der Waals surface area contributed by atoms with Crippen LogP contribution in [0.15, 0.2) is 39.9 Å². The average Bonchev–Trinajstić information content (AvgIpc) is 2.81. The van der Waals surface area contributed by atoms with Crippen molar-refractivity contribution in [3.05, 3.63) is 62.3 Å². The molecule has 1 aromatic carbocycles. The third-order valence-corrected chi connectivity index (χ3v) is 4.00. The highest BCUT2D eigenvalue weighted by atomic mass is 19.4. The summed E-state index contributed by atoms with van der Waals surface area (Å²) >= 11 is 0. The van der Waals surface area contributed by atoms with Crippen LogP contribution in [0.1, 0.15) is 11.1 Å². The third-order valence-electron chi connectivity index (χ3n) is 4.00. The minimum absolute atomic E-state index is 0.101. The Kier molecular flexibility index (Phi) is 3.79. The molecule has 1 aliphatic heterocycles. The van der Waals surface area contributed by atoms with Crippen LogP contribution in [0.2, 0.25) is 0 Å². The number of hydrogen-bond acceptors (Lipinski definition) is 4. The molecule has 0 saturated heterocycles. The number of carbonyl (C=O) groups is 1. The lowest BCUT2D eigenvalue weighted by atomic mass is 9.97. The number of alkyl halides is 3. The molecule has 1 aromatic heterocycles. The van der Waals surface area contributed by atoms with Crippen LogP contribution in [0, 0.1) is 0 Å². The highest BCUT2D eigenvalue weighted by Crippen LogP contribution is 2.44. The second-order valence-electron chi connectivity index (χ2n) is 5.53. The zero-order chi connectivity index (χ0) is 18.4. The number of anilines is 1. The normalized spacial score (nSPS) is 19.6. The van der Waals surface area contributed by atoms with E-state index in [9.17, 15) is 32.7 Å². The van der Waals surface area contributed by atoms with Crippen molar-refractivity contribution in [2.45, 2.75) is 24.7 Å². The summed E-state index contributed by atoms with van der Waals surface area (Å²) in [5.74, 6) is -2.46. The monoisotopic (exact) mass is 355 g/mol. The van der Waals surface area contributed by atoms with Crippen LogP contribution in [-0.2, 0) is 23.4 Å². The summed E-state index contributed by atoms with van der Waals surface area (Å²) in [6.45, 7) is -0.101. The Hall–Kier alpha value is -2.88. The number of aliphatic hydroxyl groups is 1. The number of H-pyrrole nitrogens is 1. The fourth-order valence-corrected chi connectivity index (χ4v) is 2.72. The van der Waals surface area contributed by atoms with Crippen LogP contribution in [0.4, 0.5) is 19.0 Å². The summed E-state index contributed by atoms with van der Waals surface area (Å²) in [6, 6.07) is 8.78. The quantitative estimate of drug-likeness (QED) is 0.745. The number of hydrogen-bond donors (Lipinski definition) is 3. The van der Waals surface area contributed by atoms with E-state index in [-0.39, 0.29) is 13.0 Å². The maximum atomic E-state index is 13.2. The zero-order valence-electron chi connectivity index (χ0n) is 12.6. The molecule has 1 amide bonds. The second kappa shape index (κ2) is 5.59.